The van der Waals surface area contributed by atoms with Crippen molar-refractivity contribution in [1.29, 1.82) is 0 Å². The van der Waals surface area contributed by atoms with Crippen LogP contribution in [0.15, 0.2) is 34.4 Å². The third kappa shape index (κ3) is 8.11. The van der Waals surface area contributed by atoms with Crippen molar-refractivity contribution in [3.05, 3.63) is 34.4 Å². The summed E-state index contributed by atoms with van der Waals surface area (Å²) in [6.45, 7) is 9.32. The van der Waals surface area contributed by atoms with E-state index in [1.807, 2.05) is 0 Å². The molecule has 0 radical (unpaired) electrons. The second-order valence-electron chi connectivity index (χ2n) is 4.35. The summed E-state index contributed by atoms with van der Waals surface area (Å²) in [5.41, 5.74) is 9.81. The van der Waals surface area contributed by atoms with E-state index >= 15 is 0 Å². The molecule has 0 saturated carbocycles. The Morgan fingerprint density at radius 1 is 1.35 bits per heavy atom. The smallest absolute Gasteiger partial charge is 0.0404 e. The molecule has 0 bridgehead atoms. The normalized spacial score (nSPS) is 14.5. The van der Waals surface area contributed by atoms with Gasteiger partial charge in [-0.05, 0) is 51.9 Å². The quantitative estimate of drug-likeness (QED) is 0.540. The first-order chi connectivity index (χ1) is 8.01. The van der Waals surface area contributed by atoms with Crippen LogP contribution in [0.5, 0.6) is 0 Å². The molecule has 1 unspecified atom stereocenters. The van der Waals surface area contributed by atoms with Crippen LogP contribution < -0.4 is 11.1 Å². The molecule has 0 aromatic heterocycles. The van der Waals surface area contributed by atoms with Crippen molar-refractivity contribution in [2.45, 2.75) is 40.2 Å². The number of hydrogen-bond donors (Lipinski definition) is 2. The van der Waals surface area contributed by atoms with Crippen molar-refractivity contribution in [2.24, 2.45) is 5.73 Å². The van der Waals surface area contributed by atoms with E-state index < -0.39 is 0 Å². The summed E-state index contributed by atoms with van der Waals surface area (Å²) < 4.78 is 0. The SMILES string of the molecule is CCNC(=C\SC)/C=C(\C)C(N)CC=C(C)C. The van der Waals surface area contributed by atoms with Crippen LogP contribution in [0.25, 0.3) is 0 Å². The van der Waals surface area contributed by atoms with Gasteiger partial charge in [-0.2, -0.15) is 0 Å². The average molecular weight is 254 g/mol. The molecular formula is C14H26N2S. The zero-order valence-corrected chi connectivity index (χ0v) is 12.5. The van der Waals surface area contributed by atoms with Crippen molar-refractivity contribution >= 4 is 11.8 Å². The van der Waals surface area contributed by atoms with Crippen LogP contribution in [0, 0.1) is 0 Å². The van der Waals surface area contributed by atoms with E-state index in [0.717, 1.165) is 18.7 Å². The molecule has 0 aromatic rings. The minimum Gasteiger partial charge on any atom is -0.385 e. The number of nitrogens with two attached hydrogens (primary N) is 1. The molecule has 0 spiro atoms. The Balaban J connectivity index is 4.58. The zero-order chi connectivity index (χ0) is 13.3. The van der Waals surface area contributed by atoms with Gasteiger partial charge in [0.1, 0.15) is 0 Å². The highest BCUT2D eigenvalue weighted by Crippen LogP contribution is 2.10. The van der Waals surface area contributed by atoms with Crippen LogP contribution in [-0.4, -0.2) is 18.8 Å². The molecule has 0 rings (SSSR count). The number of hydrogen-bond acceptors (Lipinski definition) is 3. The lowest BCUT2D eigenvalue weighted by atomic mass is 10.0. The Hall–Kier alpha value is -0.670. The fraction of sp³-hybridized carbons (Fsp3) is 0.571. The molecule has 0 fully saturated rings. The summed E-state index contributed by atoms with van der Waals surface area (Å²) in [6.07, 6.45) is 7.30. The monoisotopic (exact) mass is 254 g/mol. The second kappa shape index (κ2) is 9.37. The van der Waals surface area contributed by atoms with Gasteiger partial charge in [0.25, 0.3) is 0 Å². The number of likely N-dealkylation sites (N-methyl/N-ethyl adjacent to an activating group) is 1. The molecule has 3 heteroatoms. The van der Waals surface area contributed by atoms with Gasteiger partial charge in [0.2, 0.25) is 0 Å². The highest BCUT2D eigenvalue weighted by atomic mass is 32.2. The molecule has 0 heterocycles. The zero-order valence-electron chi connectivity index (χ0n) is 11.7. The van der Waals surface area contributed by atoms with Crippen molar-refractivity contribution in [3.63, 3.8) is 0 Å². The summed E-state index contributed by atoms with van der Waals surface area (Å²) in [5.74, 6) is 0. The summed E-state index contributed by atoms with van der Waals surface area (Å²) in [7, 11) is 0. The van der Waals surface area contributed by atoms with Crippen LogP contribution >= 0.6 is 11.8 Å². The Morgan fingerprint density at radius 3 is 2.47 bits per heavy atom. The molecule has 0 saturated heterocycles. The minimum absolute atomic E-state index is 0.105. The molecular weight excluding hydrogens is 228 g/mol. The molecule has 0 amide bonds. The third-order valence-electron chi connectivity index (χ3n) is 2.37. The summed E-state index contributed by atoms with van der Waals surface area (Å²) >= 11 is 1.70. The molecule has 0 aliphatic carbocycles. The molecule has 0 aliphatic heterocycles. The topological polar surface area (TPSA) is 38.0 Å². The van der Waals surface area contributed by atoms with Gasteiger partial charge in [0.05, 0.1) is 0 Å². The van der Waals surface area contributed by atoms with Gasteiger partial charge in [-0.3, -0.25) is 0 Å². The van der Waals surface area contributed by atoms with Crippen LogP contribution in [0.1, 0.15) is 34.1 Å². The van der Waals surface area contributed by atoms with Crippen molar-refractivity contribution in [1.82, 2.24) is 5.32 Å². The number of allylic oxidation sites excluding steroid dienone is 2. The maximum atomic E-state index is 6.13. The Kier molecular flexibility index (Phi) is 9.00. The van der Waals surface area contributed by atoms with Gasteiger partial charge in [0, 0.05) is 18.3 Å². The van der Waals surface area contributed by atoms with Gasteiger partial charge < -0.3 is 11.1 Å². The predicted molar refractivity (Wildman–Crippen MR) is 81.1 cm³/mol. The van der Waals surface area contributed by atoms with Crippen LogP contribution in [0.3, 0.4) is 0 Å². The van der Waals surface area contributed by atoms with Crippen molar-refractivity contribution < 1.29 is 0 Å². The molecule has 98 valence electrons. The second-order valence-corrected chi connectivity index (χ2v) is 5.06. The van der Waals surface area contributed by atoms with E-state index in [0.29, 0.717) is 0 Å². The van der Waals surface area contributed by atoms with E-state index in [1.165, 1.54) is 11.1 Å². The van der Waals surface area contributed by atoms with Crippen LogP contribution in [0.4, 0.5) is 0 Å². The molecule has 17 heavy (non-hydrogen) atoms. The highest BCUT2D eigenvalue weighted by molar-refractivity contribution is 8.01. The molecule has 0 aliphatic rings. The Morgan fingerprint density at radius 2 is 2.00 bits per heavy atom. The van der Waals surface area contributed by atoms with Gasteiger partial charge >= 0.3 is 0 Å². The van der Waals surface area contributed by atoms with E-state index in [-0.39, 0.29) is 6.04 Å². The molecule has 0 aromatic carbocycles. The summed E-state index contributed by atoms with van der Waals surface area (Å²) in [4.78, 5) is 0. The number of nitrogens with one attached hydrogen (secondary N) is 1. The van der Waals surface area contributed by atoms with E-state index in [1.54, 1.807) is 11.8 Å². The number of rotatable bonds is 7. The molecule has 1 atom stereocenters. The first-order valence-electron chi connectivity index (χ1n) is 6.05. The van der Waals surface area contributed by atoms with Gasteiger partial charge in [-0.15, -0.1) is 11.8 Å². The fourth-order valence-electron chi connectivity index (χ4n) is 1.36. The standard InChI is InChI=1S/C14H26N2S/c1-6-16-13(10-17-5)9-12(4)14(15)8-7-11(2)3/h7,9-10,14,16H,6,8,15H2,1-5H3/b12-9+,13-10-. The van der Waals surface area contributed by atoms with Gasteiger partial charge in [-0.1, -0.05) is 17.2 Å². The van der Waals surface area contributed by atoms with Crippen LogP contribution in [-0.2, 0) is 0 Å². The minimum atomic E-state index is 0.105. The van der Waals surface area contributed by atoms with Gasteiger partial charge in [0.15, 0.2) is 0 Å². The molecule has 2 nitrogen and oxygen atoms in total. The van der Waals surface area contributed by atoms with Gasteiger partial charge in [-0.25, -0.2) is 0 Å². The summed E-state index contributed by atoms with van der Waals surface area (Å²) in [5, 5.41) is 5.44. The first-order valence-corrected chi connectivity index (χ1v) is 7.34. The third-order valence-corrected chi connectivity index (χ3v) is 2.86. The lowest BCUT2D eigenvalue weighted by molar-refractivity contribution is 0.773. The van der Waals surface area contributed by atoms with Crippen molar-refractivity contribution in [3.8, 4) is 0 Å². The Bertz CT molecular complexity index is 299. The predicted octanol–water partition coefficient (Wildman–Crippen LogP) is 3.43. The number of thioether (sulfide) groups is 1. The van der Waals surface area contributed by atoms with E-state index in [9.17, 15) is 0 Å². The Labute approximate surface area is 110 Å². The fourth-order valence-corrected chi connectivity index (χ4v) is 1.76. The first kappa shape index (κ1) is 16.3. The van der Waals surface area contributed by atoms with E-state index in [2.05, 4.69) is 56.8 Å². The largest absolute Gasteiger partial charge is 0.385 e. The highest BCUT2D eigenvalue weighted by Gasteiger charge is 2.03. The molecule has 3 N–H and O–H groups in total. The lowest BCUT2D eigenvalue weighted by Gasteiger charge is -2.12. The summed E-state index contributed by atoms with van der Waals surface area (Å²) in [6, 6.07) is 0.105. The van der Waals surface area contributed by atoms with Crippen molar-refractivity contribution in [2.75, 3.05) is 12.8 Å². The van der Waals surface area contributed by atoms with Crippen LogP contribution in [0.2, 0.25) is 0 Å². The maximum absolute atomic E-state index is 6.13. The van der Waals surface area contributed by atoms with E-state index in [4.69, 9.17) is 5.73 Å². The lowest BCUT2D eigenvalue weighted by Crippen LogP contribution is -2.21. The average Bonchev–Trinajstić information content (AvgIpc) is 2.26. The maximum Gasteiger partial charge on any atom is 0.0404 e.